The van der Waals surface area contributed by atoms with Crippen LogP contribution in [0.1, 0.15) is 34.6 Å². The van der Waals surface area contributed by atoms with Crippen molar-refractivity contribution in [1.82, 2.24) is 0 Å². The van der Waals surface area contributed by atoms with Crippen molar-refractivity contribution in [2.75, 3.05) is 0 Å². The van der Waals surface area contributed by atoms with Gasteiger partial charge in [0.25, 0.3) is 17.9 Å². The predicted molar refractivity (Wildman–Crippen MR) is 67.0 cm³/mol. The number of hydrogen-bond acceptors (Lipinski definition) is 7. The van der Waals surface area contributed by atoms with E-state index < -0.39 is 29.8 Å². The topological polar surface area (TPSA) is 192 Å². The summed E-state index contributed by atoms with van der Waals surface area (Å²) in [6.07, 6.45) is 0. The number of carboxylic acid groups (broad SMARTS) is 5. The van der Waals surface area contributed by atoms with Crippen LogP contribution in [0.25, 0.3) is 0 Å². The van der Waals surface area contributed by atoms with Gasteiger partial charge in [-0.25, -0.2) is 0 Å². The summed E-state index contributed by atoms with van der Waals surface area (Å²) >= 11 is 0. The average molecular weight is 338 g/mol. The van der Waals surface area contributed by atoms with Crippen LogP contribution >= 0.6 is 0 Å². The number of carboxylic acids is 5. The van der Waals surface area contributed by atoms with Crippen molar-refractivity contribution in [3.63, 3.8) is 0 Å². The third-order valence-electron chi connectivity index (χ3n) is 0. The van der Waals surface area contributed by atoms with Crippen molar-refractivity contribution in [2.45, 2.75) is 34.6 Å². The first-order valence-electron chi connectivity index (χ1n) is 4.60. The Morgan fingerprint density at radius 2 is 0.571 bits per heavy atom. The van der Waals surface area contributed by atoms with Gasteiger partial charge in [0.05, 0.1) is 0 Å². The van der Waals surface area contributed by atoms with Crippen LogP contribution in [0.2, 0.25) is 0 Å². The van der Waals surface area contributed by atoms with Crippen LogP contribution in [0.15, 0.2) is 0 Å². The quantitative estimate of drug-likeness (QED) is 0.394. The van der Waals surface area contributed by atoms with Crippen LogP contribution in [0.3, 0.4) is 0 Å². The van der Waals surface area contributed by atoms with Gasteiger partial charge in [0.2, 0.25) is 0 Å². The molecule has 0 aromatic heterocycles. The summed E-state index contributed by atoms with van der Waals surface area (Å²) in [5.41, 5.74) is 0. The van der Waals surface area contributed by atoms with Crippen LogP contribution in [0, 0.1) is 0 Å². The molecule has 0 aromatic rings. The summed E-state index contributed by atoms with van der Waals surface area (Å²) in [4.78, 5) is 44.8. The van der Waals surface area contributed by atoms with Crippen molar-refractivity contribution < 1.29 is 49.5 Å². The van der Waals surface area contributed by atoms with Crippen molar-refractivity contribution in [1.29, 1.82) is 0 Å². The van der Waals surface area contributed by atoms with E-state index in [0.717, 1.165) is 34.6 Å². The molecule has 0 atom stereocenters. The Hall–Kier alpha value is -1.39. The Morgan fingerprint density at radius 1 is 0.571 bits per heavy atom. The van der Waals surface area contributed by atoms with Gasteiger partial charge in [0.1, 0.15) is 0 Å². The molecular formula is C10H18CaO10. The molecular weight excluding hydrogens is 320 g/mol. The molecule has 3 N–H and O–H groups in total. The number of aliphatic carboxylic acids is 5. The molecule has 0 spiro atoms. The van der Waals surface area contributed by atoms with Crippen molar-refractivity contribution in [2.24, 2.45) is 0 Å². The Labute approximate surface area is 151 Å². The summed E-state index contributed by atoms with van der Waals surface area (Å²) in [5, 5.41) is 40.0. The van der Waals surface area contributed by atoms with E-state index in [-0.39, 0.29) is 37.7 Å². The van der Waals surface area contributed by atoms with Crippen LogP contribution in [0.5, 0.6) is 0 Å². The van der Waals surface area contributed by atoms with E-state index in [2.05, 4.69) is 0 Å². The minimum atomic E-state index is -1.08. The van der Waals surface area contributed by atoms with Crippen molar-refractivity contribution in [3.8, 4) is 0 Å². The minimum Gasteiger partial charge on any atom is -0.550 e. The molecule has 0 aromatic carbocycles. The van der Waals surface area contributed by atoms with Gasteiger partial charge in [0.15, 0.2) is 0 Å². The molecule has 0 heterocycles. The van der Waals surface area contributed by atoms with E-state index in [9.17, 15) is 0 Å². The van der Waals surface area contributed by atoms with Gasteiger partial charge < -0.3 is 35.1 Å². The predicted octanol–water partition coefficient (Wildman–Crippen LogP) is -2.60. The third-order valence-corrected chi connectivity index (χ3v) is 0. The SMILES string of the molecule is CC(=O)O.CC(=O)O.CC(=O)O.CC(=O)[O-].CC(=O)[O-].[Ca+2]. The Balaban J connectivity index is -0.0000000331. The molecule has 0 amide bonds. The molecule has 0 saturated heterocycles. The zero-order valence-electron chi connectivity index (χ0n) is 12.4. The summed E-state index contributed by atoms with van der Waals surface area (Å²) in [5.74, 6) is -4.67. The van der Waals surface area contributed by atoms with Crippen LogP contribution in [-0.4, -0.2) is 82.9 Å². The summed E-state index contributed by atoms with van der Waals surface area (Å²) in [6, 6.07) is 0. The van der Waals surface area contributed by atoms with E-state index in [4.69, 9.17) is 49.5 Å². The maximum absolute atomic E-state index is 9.00. The van der Waals surface area contributed by atoms with E-state index in [1.165, 1.54) is 0 Å². The van der Waals surface area contributed by atoms with Gasteiger partial charge in [0, 0.05) is 32.7 Å². The molecule has 120 valence electrons. The standard InChI is InChI=1S/5C2H4O2.Ca/c5*1-2(3)4;/h5*1H3,(H,3,4);/q;;;;;+2/p-2. The average Bonchev–Trinajstić information content (AvgIpc) is 1.94. The zero-order chi connectivity index (χ0) is 17.9. The molecule has 21 heavy (non-hydrogen) atoms. The van der Waals surface area contributed by atoms with Gasteiger partial charge in [-0.05, 0) is 13.8 Å². The van der Waals surface area contributed by atoms with Crippen LogP contribution in [-0.2, 0) is 24.0 Å². The molecule has 11 heteroatoms. The Bertz CT molecular complexity index is 211. The van der Waals surface area contributed by atoms with Crippen molar-refractivity contribution >= 4 is 67.6 Å². The first kappa shape index (κ1) is 36.7. The summed E-state index contributed by atoms with van der Waals surface area (Å²) < 4.78 is 0. The van der Waals surface area contributed by atoms with Gasteiger partial charge in [-0.1, -0.05) is 0 Å². The van der Waals surface area contributed by atoms with Crippen molar-refractivity contribution in [3.05, 3.63) is 0 Å². The largest absolute Gasteiger partial charge is 2.00 e. The molecule has 0 aliphatic carbocycles. The maximum atomic E-state index is 9.00. The van der Waals surface area contributed by atoms with E-state index in [1.54, 1.807) is 0 Å². The Morgan fingerprint density at radius 3 is 0.571 bits per heavy atom. The number of rotatable bonds is 0. The molecule has 0 unspecified atom stereocenters. The summed E-state index contributed by atoms with van der Waals surface area (Å²) in [6.45, 7) is 5.19. The first-order chi connectivity index (χ1) is 8.66. The van der Waals surface area contributed by atoms with Crippen LogP contribution < -0.4 is 10.2 Å². The van der Waals surface area contributed by atoms with Gasteiger partial charge in [-0.15, -0.1) is 0 Å². The van der Waals surface area contributed by atoms with E-state index in [0.29, 0.717) is 0 Å². The van der Waals surface area contributed by atoms with E-state index in [1.807, 2.05) is 0 Å². The monoisotopic (exact) mass is 338 g/mol. The maximum Gasteiger partial charge on any atom is 2.00 e. The molecule has 0 fully saturated rings. The second kappa shape index (κ2) is 31.2. The molecule has 0 saturated carbocycles. The first-order valence-corrected chi connectivity index (χ1v) is 4.60. The second-order valence-corrected chi connectivity index (χ2v) is 2.54. The fraction of sp³-hybridized carbons (Fsp3) is 0.500. The number of carbonyl (C=O) groups is 5. The molecule has 0 rings (SSSR count). The fourth-order valence-electron chi connectivity index (χ4n) is 0. The van der Waals surface area contributed by atoms with Crippen LogP contribution in [0.4, 0.5) is 0 Å². The normalized spacial score (nSPS) is 5.95. The molecule has 10 nitrogen and oxygen atoms in total. The minimum absolute atomic E-state index is 0. The van der Waals surface area contributed by atoms with Gasteiger partial charge in [-0.3, -0.25) is 14.4 Å². The number of hydrogen-bond donors (Lipinski definition) is 3. The Kier molecular flexibility index (Phi) is 54.4. The molecule has 0 radical (unpaired) electrons. The third kappa shape index (κ3) is 2660. The zero-order valence-corrected chi connectivity index (χ0v) is 14.6. The fourth-order valence-corrected chi connectivity index (χ4v) is 0. The van der Waals surface area contributed by atoms with E-state index >= 15 is 0 Å². The second-order valence-electron chi connectivity index (χ2n) is 2.54. The summed E-state index contributed by atoms with van der Waals surface area (Å²) in [7, 11) is 0. The molecule has 0 bridgehead atoms. The van der Waals surface area contributed by atoms with Gasteiger partial charge >= 0.3 is 37.7 Å². The molecule has 0 aliphatic heterocycles. The smallest absolute Gasteiger partial charge is 0.550 e. The molecule has 0 aliphatic rings. The van der Waals surface area contributed by atoms with Gasteiger partial charge in [-0.2, -0.15) is 0 Å². The number of carbonyl (C=O) groups excluding carboxylic acids is 2.